The second kappa shape index (κ2) is 22.2. The van der Waals surface area contributed by atoms with Crippen LogP contribution < -0.4 is 29.9 Å². The Morgan fingerprint density at radius 1 is 0.922 bits per heavy atom. The minimum Gasteiger partial charge on any atom is -0.492 e. The van der Waals surface area contributed by atoms with E-state index < -0.39 is 14.6 Å². The number of aromatic nitrogens is 7. The van der Waals surface area contributed by atoms with E-state index in [1.54, 1.807) is 57.4 Å². The van der Waals surface area contributed by atoms with Crippen molar-refractivity contribution in [1.82, 2.24) is 50.2 Å². The van der Waals surface area contributed by atoms with Crippen molar-refractivity contribution in [1.29, 1.82) is 0 Å². The van der Waals surface area contributed by atoms with Gasteiger partial charge in [-0.2, -0.15) is 5.10 Å². The largest absolute Gasteiger partial charge is 0.492 e. The fraction of sp³-hybridized carbons (Fsp3) is 0.518. The lowest BCUT2D eigenvalue weighted by Crippen LogP contribution is -2.61. The second-order valence-corrected chi connectivity index (χ2v) is 25.6. The molecule has 3 fully saturated rings. The number of sulfone groups is 1. The second-order valence-electron chi connectivity index (χ2n) is 22.9. The molecule has 4 aliphatic heterocycles. The van der Waals surface area contributed by atoms with Crippen LogP contribution in [0.2, 0.25) is 0 Å². The Morgan fingerprint density at radius 3 is 2.42 bits per heavy atom. The van der Waals surface area contributed by atoms with Gasteiger partial charge in [-0.05, 0) is 102 Å². The Labute approximate surface area is 450 Å². The summed E-state index contributed by atoms with van der Waals surface area (Å²) in [5.74, 6) is 2.48. The van der Waals surface area contributed by atoms with Crippen LogP contribution in [0.1, 0.15) is 82.5 Å². The number of benzene rings is 2. The van der Waals surface area contributed by atoms with Crippen LogP contribution in [0.5, 0.6) is 11.5 Å². The van der Waals surface area contributed by atoms with Gasteiger partial charge in [0.1, 0.15) is 41.3 Å². The number of carbonyl (C=O) groups is 1. The maximum atomic E-state index is 14.3. The van der Waals surface area contributed by atoms with Crippen molar-refractivity contribution in [3.05, 3.63) is 101 Å². The number of aryl methyl sites for hydroxylation is 1. The number of piperidine rings is 1. The maximum Gasteiger partial charge on any atom is 0.241 e. The van der Waals surface area contributed by atoms with Gasteiger partial charge in [-0.3, -0.25) is 24.7 Å². The molecule has 0 radical (unpaired) electrons. The molecule has 8 heterocycles. The van der Waals surface area contributed by atoms with E-state index in [0.29, 0.717) is 93.2 Å². The number of rotatable bonds is 16. The summed E-state index contributed by atoms with van der Waals surface area (Å²) in [5.41, 5.74) is 5.87. The fourth-order valence-electron chi connectivity index (χ4n) is 10.7. The Balaban J connectivity index is 0.707. The van der Waals surface area contributed by atoms with E-state index in [0.717, 1.165) is 72.8 Å². The van der Waals surface area contributed by atoms with E-state index in [1.807, 2.05) is 24.9 Å². The normalized spacial score (nSPS) is 20.6. The first-order chi connectivity index (χ1) is 36.8. The Hall–Kier alpha value is -6.39. The first-order valence-electron chi connectivity index (χ1n) is 26.8. The summed E-state index contributed by atoms with van der Waals surface area (Å²) in [6.45, 7) is 22.7. The van der Waals surface area contributed by atoms with Crippen molar-refractivity contribution < 1.29 is 31.8 Å². The minimum atomic E-state index is -3.83. The van der Waals surface area contributed by atoms with Gasteiger partial charge in [-0.15, -0.1) is 0 Å². The fourth-order valence-corrected chi connectivity index (χ4v) is 12.0. The van der Waals surface area contributed by atoms with Crippen LogP contribution in [0.25, 0.3) is 10.9 Å². The Bertz CT molecular complexity index is 3180. The molecule has 3 saturated heterocycles. The number of nitrogens with zero attached hydrogens (tertiary/aromatic N) is 10. The highest BCUT2D eigenvalue weighted by Crippen LogP contribution is 2.41. The van der Waals surface area contributed by atoms with Crippen LogP contribution in [-0.4, -0.2) is 161 Å². The van der Waals surface area contributed by atoms with Gasteiger partial charge in [0.15, 0.2) is 21.4 Å². The topological polar surface area (TPSA) is 209 Å². The summed E-state index contributed by atoms with van der Waals surface area (Å²) in [7, 11) is -3.83. The van der Waals surface area contributed by atoms with Crippen molar-refractivity contribution in [3.8, 4) is 11.5 Å². The van der Waals surface area contributed by atoms with Gasteiger partial charge >= 0.3 is 0 Å². The molecule has 4 aromatic heterocycles. The number of halogens is 1. The molecule has 3 atom stereocenters. The predicted octanol–water partition coefficient (Wildman–Crippen LogP) is 6.56. The first-order valence-corrected chi connectivity index (χ1v) is 28.3. The van der Waals surface area contributed by atoms with E-state index in [4.69, 9.17) is 19.2 Å². The van der Waals surface area contributed by atoms with E-state index in [9.17, 15) is 17.6 Å². The highest BCUT2D eigenvalue weighted by molar-refractivity contribution is 7.92. The molecule has 21 heteroatoms. The number of pyridine rings is 1. The van der Waals surface area contributed by atoms with E-state index >= 15 is 0 Å². The third-order valence-corrected chi connectivity index (χ3v) is 18.0. The molecule has 1 amide bonds. The molecule has 0 aliphatic carbocycles. The summed E-state index contributed by atoms with van der Waals surface area (Å²) >= 11 is 0. The average Bonchev–Trinajstić information content (AvgIpc) is 3.88. The summed E-state index contributed by atoms with van der Waals surface area (Å²) in [5, 5.41) is 14.8. The van der Waals surface area contributed by atoms with Crippen LogP contribution in [0.4, 0.5) is 27.7 Å². The molecule has 0 saturated carbocycles. The molecule has 2 aromatic carbocycles. The van der Waals surface area contributed by atoms with Crippen LogP contribution in [0.15, 0.2) is 72.3 Å². The zero-order chi connectivity index (χ0) is 54.2. The number of hydrogen-bond donors (Lipinski definition) is 3. The Kier molecular flexibility index (Phi) is 15.5. The van der Waals surface area contributed by atoms with Gasteiger partial charge in [-0.1, -0.05) is 26.0 Å². The number of nitrogens with one attached hydrogen (secondary N) is 3. The molecule has 0 spiro atoms. The van der Waals surface area contributed by atoms with Crippen LogP contribution in [0, 0.1) is 25.6 Å². The van der Waals surface area contributed by atoms with Gasteiger partial charge in [0.05, 0.1) is 53.8 Å². The molecule has 10 rings (SSSR count). The monoisotopic (exact) mass is 1070 g/mol. The summed E-state index contributed by atoms with van der Waals surface area (Å²) in [4.78, 5) is 46.4. The van der Waals surface area contributed by atoms with Gasteiger partial charge in [0.25, 0.3) is 0 Å². The van der Waals surface area contributed by atoms with Gasteiger partial charge < -0.3 is 34.6 Å². The number of piperazine rings is 1. The number of morpholine rings is 1. The molecule has 410 valence electrons. The molecule has 6 aromatic rings. The molecule has 4 aliphatic rings. The molecule has 0 unspecified atom stereocenters. The highest BCUT2D eigenvalue weighted by Gasteiger charge is 2.41. The molecule has 0 bridgehead atoms. The number of anilines is 4. The third kappa shape index (κ3) is 12.0. The minimum absolute atomic E-state index is 0.0634. The Morgan fingerprint density at radius 2 is 1.69 bits per heavy atom. The smallest absolute Gasteiger partial charge is 0.241 e. The van der Waals surface area contributed by atoms with Crippen molar-refractivity contribution in [2.24, 2.45) is 5.92 Å². The van der Waals surface area contributed by atoms with Crippen molar-refractivity contribution in [2.75, 3.05) is 93.8 Å². The zero-order valence-corrected chi connectivity index (χ0v) is 46.3. The third-order valence-electron chi connectivity index (χ3n) is 15.5. The zero-order valence-electron chi connectivity index (χ0n) is 45.5. The molecular formula is C56H72FN13O6S. The quantitative estimate of drug-likeness (QED) is 0.0937. The lowest BCUT2D eigenvalue weighted by molar-refractivity contribution is -0.121. The molecule has 19 nitrogen and oxygen atoms in total. The number of carbonyl (C=O) groups excluding carboxylic acids is 1. The number of ether oxygens (including phenoxy) is 3. The van der Waals surface area contributed by atoms with Gasteiger partial charge in [-0.25, -0.2) is 32.7 Å². The van der Waals surface area contributed by atoms with E-state index in [1.165, 1.54) is 18.5 Å². The molecular weight excluding hydrogens is 1000 g/mol. The van der Waals surface area contributed by atoms with Crippen LogP contribution in [0.3, 0.4) is 0 Å². The van der Waals surface area contributed by atoms with E-state index in [2.05, 4.69) is 82.3 Å². The number of H-pyrrole nitrogens is 1. The lowest BCUT2D eigenvalue weighted by Gasteiger charge is -2.43. The van der Waals surface area contributed by atoms with Crippen molar-refractivity contribution in [3.63, 3.8) is 0 Å². The van der Waals surface area contributed by atoms with Crippen LogP contribution in [-0.2, 0) is 31.2 Å². The highest BCUT2D eigenvalue weighted by atomic mass is 32.2. The number of amides is 1. The predicted molar refractivity (Wildman–Crippen MR) is 294 cm³/mol. The average molecular weight is 1070 g/mol. The van der Waals surface area contributed by atoms with Crippen LogP contribution >= 0.6 is 0 Å². The van der Waals surface area contributed by atoms with E-state index in [-0.39, 0.29) is 51.9 Å². The summed E-state index contributed by atoms with van der Waals surface area (Å²) in [6, 6.07) is 12.3. The summed E-state index contributed by atoms with van der Waals surface area (Å²) in [6.07, 6.45) is 8.81. The van der Waals surface area contributed by atoms with Gasteiger partial charge in [0, 0.05) is 98.8 Å². The van der Waals surface area contributed by atoms with Crippen molar-refractivity contribution in [2.45, 2.75) is 108 Å². The standard InChI is InChI=1S/C56H72FN13O6S/c1-35-27-69(30-50(71)70-33-56(7,8)51-47(70)20-40(23-59-51)19-38-9-11-41(57)12-10-38)42(24-58-35)28-67-17-18-74-44(29-67)32-75-43-25-60-54(61-26-43)68-15-13-39(14-16-68)31-76-48-22-46-45(21-49(48)77(72,73)55(4,5)6)53(63-34-62-46)64-52-36(2)37(3)65-66-52/h9-12,20-23,25-26,34-35,39,42,44,58H,13-19,24,27-33H2,1-8H3,(H2,62,63,64,65,66)/t35-,42-,44-/m1/s1. The number of aromatic amines is 1. The maximum absolute atomic E-state index is 14.3. The summed E-state index contributed by atoms with van der Waals surface area (Å²) < 4.78 is 59.5. The molecule has 3 N–H and O–H groups in total. The number of hydrogen-bond acceptors (Lipinski definition) is 17. The first kappa shape index (κ1) is 54.0. The van der Waals surface area contributed by atoms with Gasteiger partial charge in [0.2, 0.25) is 11.9 Å². The molecule has 77 heavy (non-hydrogen) atoms. The SMILES string of the molecule is Cc1[nH]nc(Nc2ncnc3cc(OCC4CCN(c5ncc(OC[C@H]6CN(C[C@H]7CN[C@H](C)CN7CC(=O)N7CC(C)(C)c8ncc(Cc9ccc(F)cc9)cc87)CCO6)cn5)CC4)c(S(=O)(=O)C(C)(C)C)cc23)c1C. The lowest BCUT2D eigenvalue weighted by atomic mass is 9.91. The number of fused-ring (bicyclic) bond motifs is 2. The van der Waals surface area contributed by atoms with Crippen molar-refractivity contribution >= 4 is 49.9 Å².